The third-order valence-electron chi connectivity index (χ3n) is 9.19. The Kier molecular flexibility index (Phi) is 28.5. The van der Waals surface area contributed by atoms with Crippen LogP contribution in [0.4, 0.5) is 0 Å². The molecule has 0 aliphatic carbocycles. The number of amides is 9. The number of primary amides is 2. The maximum atomic E-state index is 13.0. The van der Waals surface area contributed by atoms with E-state index < -0.39 is 103 Å². The molecule has 0 fully saturated rings. The van der Waals surface area contributed by atoms with Gasteiger partial charge in [-0.3, -0.25) is 48.1 Å². The molecule has 16 N–H and O–H groups in total. The number of nitrogens with zero attached hydrogens (tertiary/aromatic N) is 1. The van der Waals surface area contributed by atoms with Crippen LogP contribution >= 0.6 is 0 Å². The largest absolute Gasteiger partial charge is 0.394 e. The monoisotopic (exact) mass is 855 g/mol. The second-order valence-electron chi connectivity index (χ2n) is 14.7. The van der Waals surface area contributed by atoms with Crippen LogP contribution in [-0.4, -0.2) is 120 Å². The summed E-state index contributed by atoms with van der Waals surface area (Å²) in [6.45, 7) is 4.82. The highest BCUT2D eigenvalue weighted by Gasteiger charge is 2.30. The third-order valence-corrected chi connectivity index (χ3v) is 9.19. The van der Waals surface area contributed by atoms with Crippen LogP contribution in [-0.2, 0) is 43.2 Å². The summed E-state index contributed by atoms with van der Waals surface area (Å²) in [5.74, 6) is -7.52. The standard InChI is InChI=1S/C38H70N12O10/c1-5-6-7-8-9-10-11-12-13-14-15-18-30(53)44-21-31(54)48-27(20-29(39)52)36(59)46-23(2)33(56)45-24(3)35(58)50-28(22-51)37(60)47-25(4)34(57)49-26(32(40)55)17-16-19-43-38(41)42/h23-28,51H,5-22H2,1-4H3,(H2,39,52)(H2,40,55)(H,44,53)(H,45,56)(H,46,59)(H,47,60)(H,48,54)(H,49,57)(H,50,58)(H4,41,42,43)/t23-,24-,25-,26-,27-,28-/m0/s1. The molecule has 60 heavy (non-hydrogen) atoms. The predicted molar refractivity (Wildman–Crippen MR) is 223 cm³/mol. The topological polar surface area (TPSA) is 375 Å². The molecule has 9 amide bonds. The minimum atomic E-state index is -1.57. The van der Waals surface area contributed by atoms with E-state index in [9.17, 15) is 48.3 Å². The van der Waals surface area contributed by atoms with Crippen molar-refractivity contribution in [1.82, 2.24) is 37.2 Å². The Morgan fingerprint density at radius 2 is 0.983 bits per heavy atom. The van der Waals surface area contributed by atoms with Gasteiger partial charge in [-0.05, 0) is 40.0 Å². The third kappa shape index (κ3) is 25.7. The molecule has 342 valence electrons. The van der Waals surface area contributed by atoms with E-state index in [1.54, 1.807) is 0 Å². The molecule has 0 heterocycles. The van der Waals surface area contributed by atoms with Crippen molar-refractivity contribution >= 4 is 59.1 Å². The van der Waals surface area contributed by atoms with Crippen LogP contribution in [0.3, 0.4) is 0 Å². The number of carbonyl (C=O) groups is 9. The Balaban J connectivity index is 4.90. The van der Waals surface area contributed by atoms with E-state index >= 15 is 0 Å². The second kappa shape index (κ2) is 31.4. The quantitative estimate of drug-likeness (QED) is 0.0181. The number of hydrogen-bond acceptors (Lipinski definition) is 11. The van der Waals surface area contributed by atoms with Gasteiger partial charge in [0, 0.05) is 13.0 Å². The van der Waals surface area contributed by atoms with Gasteiger partial charge >= 0.3 is 0 Å². The fraction of sp³-hybridized carbons (Fsp3) is 0.737. The zero-order chi connectivity index (χ0) is 45.6. The van der Waals surface area contributed by atoms with Crippen LogP contribution in [0.5, 0.6) is 0 Å². The summed E-state index contributed by atoms with van der Waals surface area (Å²) < 4.78 is 0. The highest BCUT2D eigenvalue weighted by molar-refractivity contribution is 5.97. The maximum Gasteiger partial charge on any atom is 0.245 e. The maximum absolute atomic E-state index is 13.0. The highest BCUT2D eigenvalue weighted by Crippen LogP contribution is 2.12. The molecule has 0 saturated carbocycles. The molecular weight excluding hydrogens is 784 g/mol. The van der Waals surface area contributed by atoms with Crippen molar-refractivity contribution in [2.75, 3.05) is 19.7 Å². The first-order chi connectivity index (χ1) is 28.3. The fourth-order valence-electron chi connectivity index (χ4n) is 5.61. The number of rotatable bonds is 33. The lowest BCUT2D eigenvalue weighted by molar-refractivity contribution is -0.135. The lowest BCUT2D eigenvalue weighted by atomic mass is 10.1. The van der Waals surface area contributed by atoms with Crippen LogP contribution in [0.1, 0.15) is 124 Å². The first kappa shape index (κ1) is 54.5. The Morgan fingerprint density at radius 1 is 0.533 bits per heavy atom. The normalized spacial score (nSPS) is 13.8. The molecule has 0 saturated heterocycles. The number of aliphatic imine (C=N–C) groups is 1. The van der Waals surface area contributed by atoms with E-state index in [2.05, 4.69) is 49.1 Å². The Morgan fingerprint density at radius 3 is 1.45 bits per heavy atom. The van der Waals surface area contributed by atoms with Crippen molar-refractivity contribution in [3.63, 3.8) is 0 Å². The molecule has 0 aromatic rings. The molecule has 22 heteroatoms. The first-order valence-corrected chi connectivity index (χ1v) is 20.6. The average molecular weight is 855 g/mol. The summed E-state index contributed by atoms with van der Waals surface area (Å²) in [5.41, 5.74) is 21.1. The van der Waals surface area contributed by atoms with Crippen molar-refractivity contribution in [2.45, 2.75) is 160 Å². The summed E-state index contributed by atoms with van der Waals surface area (Å²) >= 11 is 0. The number of guanidine groups is 1. The molecule has 22 nitrogen and oxygen atoms in total. The molecule has 0 spiro atoms. The molecule has 0 aliphatic rings. The van der Waals surface area contributed by atoms with Gasteiger partial charge < -0.3 is 65.3 Å². The van der Waals surface area contributed by atoms with Gasteiger partial charge in [-0.1, -0.05) is 71.1 Å². The van der Waals surface area contributed by atoms with E-state index in [4.69, 9.17) is 22.9 Å². The van der Waals surface area contributed by atoms with Crippen LogP contribution in [0.25, 0.3) is 0 Å². The van der Waals surface area contributed by atoms with Crippen molar-refractivity contribution < 1.29 is 48.3 Å². The molecule has 6 atom stereocenters. The Labute approximate surface area is 352 Å². The Bertz CT molecular complexity index is 1440. The number of carbonyl (C=O) groups excluding carboxylic acids is 9. The summed E-state index contributed by atoms with van der Waals surface area (Å²) in [5, 5.41) is 26.2. The van der Waals surface area contributed by atoms with Gasteiger partial charge in [0.25, 0.3) is 0 Å². The number of aliphatic hydroxyl groups excluding tert-OH is 1. The smallest absolute Gasteiger partial charge is 0.245 e. The second-order valence-corrected chi connectivity index (χ2v) is 14.7. The molecular formula is C38H70N12O10. The number of hydrogen-bond donors (Lipinski definition) is 12. The number of unbranched alkanes of at least 4 members (excludes halogenated alkanes) is 10. The van der Waals surface area contributed by atoms with E-state index in [-0.39, 0.29) is 31.3 Å². The minimum Gasteiger partial charge on any atom is -0.394 e. The molecule has 0 aromatic carbocycles. The average Bonchev–Trinajstić information content (AvgIpc) is 3.18. The van der Waals surface area contributed by atoms with Crippen LogP contribution in [0, 0.1) is 0 Å². The SMILES string of the molecule is CCCCCCCCCCCCCC(=O)NCC(=O)N[C@@H](CC(N)=O)C(=O)N[C@@H](C)C(=O)N[C@@H](C)C(=O)N[C@@H](CO)C(=O)N[C@@H](C)C(=O)N[C@@H](CCCN=C(N)N)C(N)=O. The van der Waals surface area contributed by atoms with Crippen molar-refractivity contribution in [2.24, 2.45) is 27.9 Å². The first-order valence-electron chi connectivity index (χ1n) is 20.6. The van der Waals surface area contributed by atoms with Gasteiger partial charge in [-0.25, -0.2) is 0 Å². The number of aliphatic hydroxyl groups is 1. The Hall–Kier alpha value is -5.54. The van der Waals surface area contributed by atoms with Gasteiger partial charge in [-0.15, -0.1) is 0 Å². The van der Waals surface area contributed by atoms with E-state index in [0.29, 0.717) is 12.8 Å². The highest BCUT2D eigenvalue weighted by atomic mass is 16.3. The molecule has 0 radical (unpaired) electrons. The van der Waals surface area contributed by atoms with Crippen LogP contribution < -0.4 is 60.2 Å². The predicted octanol–water partition coefficient (Wildman–Crippen LogP) is -2.82. The van der Waals surface area contributed by atoms with Crippen molar-refractivity contribution in [3.05, 3.63) is 0 Å². The fourth-order valence-corrected chi connectivity index (χ4v) is 5.61. The van der Waals surface area contributed by atoms with E-state index in [1.165, 1.54) is 65.7 Å². The molecule has 0 aliphatic heterocycles. The van der Waals surface area contributed by atoms with Gasteiger partial charge in [0.1, 0.15) is 36.3 Å². The molecule has 0 aromatic heterocycles. The van der Waals surface area contributed by atoms with E-state index in [0.717, 1.165) is 19.3 Å². The van der Waals surface area contributed by atoms with Gasteiger partial charge in [0.05, 0.1) is 19.6 Å². The summed E-state index contributed by atoms with van der Waals surface area (Å²) in [6.07, 6.45) is 12.4. The van der Waals surface area contributed by atoms with Crippen molar-refractivity contribution in [3.8, 4) is 0 Å². The molecule has 0 unspecified atom stereocenters. The van der Waals surface area contributed by atoms with Gasteiger partial charge in [0.15, 0.2) is 5.96 Å². The van der Waals surface area contributed by atoms with Crippen LogP contribution in [0.2, 0.25) is 0 Å². The summed E-state index contributed by atoms with van der Waals surface area (Å²) in [6, 6.07) is -8.02. The van der Waals surface area contributed by atoms with Crippen LogP contribution in [0.15, 0.2) is 4.99 Å². The summed E-state index contributed by atoms with van der Waals surface area (Å²) in [4.78, 5) is 116. The summed E-state index contributed by atoms with van der Waals surface area (Å²) in [7, 11) is 0. The lowest BCUT2D eigenvalue weighted by Crippen LogP contribution is -2.59. The number of nitrogens with two attached hydrogens (primary N) is 4. The zero-order valence-electron chi connectivity index (χ0n) is 35.6. The molecule has 0 bridgehead atoms. The number of nitrogens with one attached hydrogen (secondary N) is 7. The van der Waals surface area contributed by atoms with Gasteiger partial charge in [0.2, 0.25) is 53.2 Å². The lowest BCUT2D eigenvalue weighted by Gasteiger charge is -2.24. The van der Waals surface area contributed by atoms with Gasteiger partial charge in [-0.2, -0.15) is 0 Å². The zero-order valence-corrected chi connectivity index (χ0v) is 35.6. The minimum absolute atomic E-state index is 0.102. The van der Waals surface area contributed by atoms with E-state index in [1.807, 2.05) is 0 Å². The molecule has 0 rings (SSSR count). The van der Waals surface area contributed by atoms with Crippen molar-refractivity contribution in [1.29, 1.82) is 0 Å².